The van der Waals surface area contributed by atoms with E-state index in [1.165, 1.54) is 29.2 Å². The normalized spacial score (nSPS) is 13.0. The minimum atomic E-state index is -0.509. The first-order chi connectivity index (χ1) is 12.9. The number of benzene rings is 2. The molecule has 27 heavy (non-hydrogen) atoms. The number of ether oxygens (including phenoxy) is 2. The second-order valence-electron chi connectivity index (χ2n) is 6.03. The number of rotatable bonds is 4. The molecule has 0 atom stereocenters. The summed E-state index contributed by atoms with van der Waals surface area (Å²) >= 11 is 12.4. The maximum absolute atomic E-state index is 12.8. The van der Waals surface area contributed by atoms with Crippen LogP contribution in [0.5, 0.6) is 11.5 Å². The average molecular weight is 411 g/mol. The van der Waals surface area contributed by atoms with Crippen LogP contribution in [0.25, 0.3) is 0 Å². The third kappa shape index (κ3) is 4.26. The highest BCUT2D eigenvalue weighted by molar-refractivity contribution is 6.32. The van der Waals surface area contributed by atoms with E-state index in [4.69, 9.17) is 32.7 Å². The summed E-state index contributed by atoms with van der Waals surface area (Å²) < 4.78 is 11.2. The minimum absolute atomic E-state index is 0.0890. The van der Waals surface area contributed by atoms with Gasteiger partial charge in [0, 0.05) is 42.7 Å². The number of halogens is 2. The van der Waals surface area contributed by atoms with Gasteiger partial charge in [0.1, 0.15) is 0 Å². The van der Waals surface area contributed by atoms with E-state index in [9.17, 15) is 14.9 Å². The summed E-state index contributed by atoms with van der Waals surface area (Å²) in [5.74, 6) is 0.523. The van der Waals surface area contributed by atoms with Crippen LogP contribution in [0.4, 0.5) is 5.69 Å². The average Bonchev–Trinajstić information content (AvgIpc) is 2.88. The van der Waals surface area contributed by atoms with E-state index in [2.05, 4.69) is 0 Å². The molecule has 0 bridgehead atoms. The molecule has 142 valence electrons. The van der Waals surface area contributed by atoms with E-state index in [0.29, 0.717) is 45.9 Å². The number of carbonyl (C=O) groups is 1. The Morgan fingerprint density at radius 1 is 1.19 bits per heavy atom. The van der Waals surface area contributed by atoms with Gasteiger partial charge in [-0.2, -0.15) is 0 Å². The lowest BCUT2D eigenvalue weighted by atomic mass is 10.1. The van der Waals surface area contributed by atoms with Crippen LogP contribution in [0.3, 0.4) is 0 Å². The highest BCUT2D eigenvalue weighted by Gasteiger charge is 2.21. The summed E-state index contributed by atoms with van der Waals surface area (Å²) in [4.78, 5) is 24.6. The molecule has 2 aromatic carbocycles. The molecular weight excluding hydrogens is 395 g/mol. The standard InChI is InChI=1S/C18H16Cl2N2O5/c1-21(10-12-7-13(22(24)25)3-4-14(12)19)18(23)11-8-15(20)17-16(9-11)26-5-2-6-27-17/h3-4,7-9H,2,5-6,10H2,1H3. The van der Waals surface area contributed by atoms with Crippen molar-refractivity contribution in [2.75, 3.05) is 20.3 Å². The Labute approximate surface area is 165 Å². The third-order valence-electron chi connectivity index (χ3n) is 4.04. The van der Waals surface area contributed by atoms with Crippen molar-refractivity contribution >= 4 is 34.8 Å². The molecule has 0 saturated carbocycles. The van der Waals surface area contributed by atoms with E-state index >= 15 is 0 Å². The Bertz CT molecular complexity index is 904. The largest absolute Gasteiger partial charge is 0.489 e. The van der Waals surface area contributed by atoms with Crippen LogP contribution in [0.1, 0.15) is 22.3 Å². The first-order valence-corrected chi connectivity index (χ1v) is 8.90. The lowest BCUT2D eigenvalue weighted by Gasteiger charge is -2.19. The molecule has 0 aliphatic carbocycles. The smallest absolute Gasteiger partial charge is 0.269 e. The van der Waals surface area contributed by atoms with Gasteiger partial charge in [-0.15, -0.1) is 0 Å². The zero-order valence-corrected chi connectivity index (χ0v) is 15.9. The molecule has 1 heterocycles. The first-order valence-electron chi connectivity index (χ1n) is 8.14. The molecule has 0 N–H and O–H groups in total. The van der Waals surface area contributed by atoms with Crippen molar-refractivity contribution in [3.8, 4) is 11.5 Å². The molecule has 2 aromatic rings. The van der Waals surface area contributed by atoms with Crippen LogP contribution in [-0.4, -0.2) is 36.0 Å². The van der Waals surface area contributed by atoms with Gasteiger partial charge >= 0.3 is 0 Å². The maximum atomic E-state index is 12.8. The summed E-state index contributed by atoms with van der Waals surface area (Å²) in [6.45, 7) is 1.07. The predicted octanol–water partition coefficient (Wildman–Crippen LogP) is 4.34. The Balaban J connectivity index is 1.84. The number of non-ortho nitro benzene ring substituents is 1. The molecule has 0 spiro atoms. The van der Waals surface area contributed by atoms with Crippen molar-refractivity contribution in [2.24, 2.45) is 0 Å². The molecule has 1 amide bonds. The van der Waals surface area contributed by atoms with Crippen LogP contribution in [-0.2, 0) is 6.54 Å². The molecule has 9 heteroatoms. The number of carbonyl (C=O) groups excluding carboxylic acids is 1. The molecule has 1 aliphatic heterocycles. The molecule has 1 aliphatic rings. The maximum Gasteiger partial charge on any atom is 0.269 e. The van der Waals surface area contributed by atoms with Crippen molar-refractivity contribution in [1.82, 2.24) is 4.90 Å². The van der Waals surface area contributed by atoms with Crippen LogP contribution in [0.15, 0.2) is 30.3 Å². The van der Waals surface area contributed by atoms with Gasteiger partial charge in [0.2, 0.25) is 0 Å². The Hall–Kier alpha value is -2.51. The summed E-state index contributed by atoms with van der Waals surface area (Å²) in [6.07, 6.45) is 0.722. The van der Waals surface area contributed by atoms with Crippen LogP contribution >= 0.6 is 23.2 Å². The summed E-state index contributed by atoms with van der Waals surface area (Å²) in [6, 6.07) is 7.21. The Morgan fingerprint density at radius 2 is 1.93 bits per heavy atom. The quantitative estimate of drug-likeness (QED) is 0.553. The number of hydrogen-bond donors (Lipinski definition) is 0. The molecule has 3 rings (SSSR count). The number of amides is 1. The predicted molar refractivity (Wildman–Crippen MR) is 101 cm³/mol. The van der Waals surface area contributed by atoms with Crippen molar-refractivity contribution in [3.05, 3.63) is 61.6 Å². The second kappa shape index (κ2) is 8.02. The molecule has 0 aromatic heterocycles. The summed E-state index contributed by atoms with van der Waals surface area (Å²) in [5.41, 5.74) is 0.712. The van der Waals surface area contributed by atoms with E-state index in [1.807, 2.05) is 0 Å². The van der Waals surface area contributed by atoms with Gasteiger partial charge in [0.15, 0.2) is 11.5 Å². The van der Waals surface area contributed by atoms with Gasteiger partial charge in [-0.1, -0.05) is 23.2 Å². The van der Waals surface area contributed by atoms with E-state index in [-0.39, 0.29) is 18.1 Å². The number of nitro groups is 1. The second-order valence-corrected chi connectivity index (χ2v) is 6.84. The highest BCUT2D eigenvalue weighted by Crippen LogP contribution is 2.38. The zero-order chi connectivity index (χ0) is 19.6. The highest BCUT2D eigenvalue weighted by atomic mass is 35.5. The zero-order valence-electron chi connectivity index (χ0n) is 14.4. The molecular formula is C18H16Cl2N2O5. The lowest BCUT2D eigenvalue weighted by molar-refractivity contribution is -0.384. The first kappa shape index (κ1) is 19.3. The van der Waals surface area contributed by atoms with Crippen LogP contribution in [0.2, 0.25) is 10.0 Å². The van der Waals surface area contributed by atoms with Crippen LogP contribution < -0.4 is 9.47 Å². The van der Waals surface area contributed by atoms with Gasteiger partial charge in [0.25, 0.3) is 11.6 Å². The molecule has 7 nitrogen and oxygen atoms in total. The number of nitro benzene ring substituents is 1. The lowest BCUT2D eigenvalue weighted by Crippen LogP contribution is -2.26. The van der Waals surface area contributed by atoms with Gasteiger partial charge in [-0.25, -0.2) is 0 Å². The Kier molecular flexibility index (Phi) is 5.72. The Morgan fingerprint density at radius 3 is 2.67 bits per heavy atom. The number of nitrogens with zero attached hydrogens (tertiary/aromatic N) is 2. The van der Waals surface area contributed by atoms with Crippen molar-refractivity contribution in [2.45, 2.75) is 13.0 Å². The molecule has 0 saturated heterocycles. The fourth-order valence-corrected chi connectivity index (χ4v) is 3.14. The fourth-order valence-electron chi connectivity index (χ4n) is 2.70. The van der Waals surface area contributed by atoms with E-state index in [0.717, 1.165) is 6.42 Å². The molecule has 0 radical (unpaired) electrons. The number of fused-ring (bicyclic) bond motifs is 1. The fraction of sp³-hybridized carbons (Fsp3) is 0.278. The number of hydrogen-bond acceptors (Lipinski definition) is 5. The van der Waals surface area contributed by atoms with E-state index in [1.54, 1.807) is 13.1 Å². The van der Waals surface area contributed by atoms with Gasteiger partial charge in [-0.05, 0) is 23.8 Å². The van der Waals surface area contributed by atoms with Gasteiger partial charge in [-0.3, -0.25) is 14.9 Å². The SMILES string of the molecule is CN(Cc1cc([N+](=O)[O-])ccc1Cl)C(=O)c1cc(Cl)c2c(c1)OCCCO2. The topological polar surface area (TPSA) is 81.9 Å². The molecule has 0 fully saturated rings. The monoisotopic (exact) mass is 410 g/mol. The van der Waals surface area contributed by atoms with Gasteiger partial charge in [0.05, 0.1) is 23.2 Å². The van der Waals surface area contributed by atoms with E-state index < -0.39 is 4.92 Å². The van der Waals surface area contributed by atoms with Crippen molar-refractivity contribution in [3.63, 3.8) is 0 Å². The van der Waals surface area contributed by atoms with Crippen molar-refractivity contribution in [1.29, 1.82) is 0 Å². The summed E-state index contributed by atoms with van der Waals surface area (Å²) in [7, 11) is 1.58. The van der Waals surface area contributed by atoms with Crippen molar-refractivity contribution < 1.29 is 19.2 Å². The summed E-state index contributed by atoms with van der Waals surface area (Å²) in [5, 5.41) is 11.6. The van der Waals surface area contributed by atoms with Gasteiger partial charge < -0.3 is 14.4 Å². The molecule has 0 unspecified atom stereocenters. The minimum Gasteiger partial charge on any atom is -0.489 e. The van der Waals surface area contributed by atoms with Crippen LogP contribution in [0, 0.1) is 10.1 Å². The third-order valence-corrected chi connectivity index (χ3v) is 4.69.